The highest BCUT2D eigenvalue weighted by atomic mass is 19.1. The van der Waals surface area contributed by atoms with E-state index in [1.807, 2.05) is 6.92 Å². The smallest absolute Gasteiger partial charge is 0.319 e. The van der Waals surface area contributed by atoms with Crippen molar-refractivity contribution in [1.82, 2.24) is 19.9 Å². The monoisotopic (exact) mass is 631 g/mol. The van der Waals surface area contributed by atoms with Gasteiger partial charge in [-0.1, -0.05) is 19.4 Å². The first-order chi connectivity index (χ1) is 22.3. The second-order valence-electron chi connectivity index (χ2n) is 13.4. The number of morpholine rings is 1. The molecule has 46 heavy (non-hydrogen) atoms. The van der Waals surface area contributed by atoms with E-state index < -0.39 is 11.6 Å². The van der Waals surface area contributed by atoms with Crippen LogP contribution in [0, 0.1) is 17.0 Å². The number of halogens is 2. The molecule has 0 amide bonds. The van der Waals surface area contributed by atoms with E-state index in [9.17, 15) is 5.11 Å². The molecule has 3 aliphatic heterocycles. The molecule has 0 radical (unpaired) electrons. The van der Waals surface area contributed by atoms with Gasteiger partial charge < -0.3 is 29.1 Å². The molecule has 4 aliphatic rings. The van der Waals surface area contributed by atoms with Gasteiger partial charge in [0.1, 0.15) is 34.0 Å². The van der Waals surface area contributed by atoms with Crippen LogP contribution in [-0.2, 0) is 11.2 Å². The fourth-order valence-corrected chi connectivity index (χ4v) is 8.78. The van der Waals surface area contributed by atoms with Crippen molar-refractivity contribution < 1.29 is 28.1 Å². The highest BCUT2D eigenvalue weighted by Gasteiger charge is 2.48. The predicted octanol–water partition coefficient (Wildman–Crippen LogP) is 6.02. The van der Waals surface area contributed by atoms with Crippen molar-refractivity contribution in [2.24, 2.45) is 5.41 Å². The second-order valence-corrected chi connectivity index (χ2v) is 13.4. The van der Waals surface area contributed by atoms with Crippen LogP contribution >= 0.6 is 0 Å². The molecular formula is C35H39F2N5O4. The zero-order valence-electron chi connectivity index (χ0n) is 26.5. The molecule has 4 fully saturated rings. The fourth-order valence-electron chi connectivity index (χ4n) is 8.78. The maximum Gasteiger partial charge on any atom is 0.319 e. The zero-order valence-corrected chi connectivity index (χ0v) is 26.5. The van der Waals surface area contributed by atoms with Gasteiger partial charge in [0.05, 0.1) is 32.5 Å². The second kappa shape index (κ2) is 11.2. The van der Waals surface area contributed by atoms with Crippen LogP contribution in [-0.4, -0.2) is 83.6 Å². The standard InChI is InChI=1S/C35H39F2N5O4/c1-4-23-25(36)9-8-19-13-21(43)15-24(27(19)23)30-29(37)31-28(33(38-30)44-3)32(42-16-22-14-20(42)17-45-22)40-34(39-31)46-18-35-10-5-7-26(35)41(2)12-6-11-35/h8-9,13,15,20,22,26,43H,4-7,10-12,14,16-18H2,1-3H3/t20-,22-,26-,35-/m1/s1. The van der Waals surface area contributed by atoms with Crippen molar-refractivity contribution in [3.05, 3.63) is 41.5 Å². The molecule has 0 unspecified atom stereocenters. The lowest BCUT2D eigenvalue weighted by atomic mass is 9.76. The molecule has 2 aromatic carbocycles. The van der Waals surface area contributed by atoms with Gasteiger partial charge in [-0.3, -0.25) is 0 Å². The van der Waals surface area contributed by atoms with Crippen LogP contribution in [0.25, 0.3) is 32.9 Å². The first-order valence-electron chi connectivity index (χ1n) is 16.4. The Morgan fingerprint density at radius 1 is 1.11 bits per heavy atom. The van der Waals surface area contributed by atoms with E-state index in [0.29, 0.717) is 59.8 Å². The molecule has 3 saturated heterocycles. The van der Waals surface area contributed by atoms with Crippen molar-refractivity contribution >= 4 is 27.5 Å². The van der Waals surface area contributed by atoms with E-state index in [1.165, 1.54) is 19.2 Å². The SMILES string of the molecule is CCc1c(F)ccc2cc(O)cc(-c3nc(OC)c4c(N5C[C@H]6C[C@@H]5CO6)nc(OC[C@]56CCC[C@H]5N(C)CCC6)nc4c3F)c12. The number of aryl methyl sites for hydroxylation is 1. The zero-order chi connectivity index (χ0) is 31.7. The Balaban J connectivity index is 1.32. The number of benzene rings is 2. The molecule has 8 rings (SSSR count). The van der Waals surface area contributed by atoms with Crippen molar-refractivity contribution in [2.75, 3.05) is 45.4 Å². The summed E-state index contributed by atoms with van der Waals surface area (Å²) in [5.74, 6) is -0.546. The first kappa shape index (κ1) is 29.6. The average Bonchev–Trinajstić information content (AvgIpc) is 3.81. The van der Waals surface area contributed by atoms with E-state index in [4.69, 9.17) is 24.2 Å². The van der Waals surface area contributed by atoms with Crippen LogP contribution in [0.4, 0.5) is 14.6 Å². The number of aromatic hydroxyl groups is 1. The first-order valence-corrected chi connectivity index (χ1v) is 16.4. The summed E-state index contributed by atoms with van der Waals surface area (Å²) in [5, 5.41) is 12.1. The summed E-state index contributed by atoms with van der Waals surface area (Å²) < 4.78 is 50.3. The number of likely N-dealkylation sites (tertiary alicyclic amines) is 1. The summed E-state index contributed by atoms with van der Waals surface area (Å²) in [6.07, 6.45) is 6.85. The Morgan fingerprint density at radius 2 is 1.96 bits per heavy atom. The van der Waals surface area contributed by atoms with Crippen molar-refractivity contribution in [3.8, 4) is 28.9 Å². The van der Waals surface area contributed by atoms with Crippen molar-refractivity contribution in [3.63, 3.8) is 0 Å². The third-order valence-corrected chi connectivity index (χ3v) is 10.9. The number of fused-ring (bicyclic) bond motifs is 5. The van der Waals surface area contributed by atoms with Crippen LogP contribution in [0.5, 0.6) is 17.6 Å². The quantitative estimate of drug-likeness (QED) is 0.263. The number of methoxy groups -OCH3 is 1. The normalized spacial score (nSPS) is 25.9. The molecule has 2 bridgehead atoms. The Hall–Kier alpha value is -3.83. The molecule has 1 N–H and O–H groups in total. The molecule has 11 heteroatoms. The van der Waals surface area contributed by atoms with Gasteiger partial charge >= 0.3 is 6.01 Å². The number of ether oxygens (including phenoxy) is 3. The number of phenols is 1. The Kier molecular flexibility index (Phi) is 7.17. The summed E-state index contributed by atoms with van der Waals surface area (Å²) in [5.41, 5.74) is 0.607. The van der Waals surface area contributed by atoms with Gasteiger partial charge in [-0.05, 0) is 86.7 Å². The molecule has 242 valence electrons. The number of hydrogen-bond acceptors (Lipinski definition) is 9. The lowest BCUT2D eigenvalue weighted by Crippen LogP contribution is -2.50. The number of rotatable bonds is 7. The molecule has 4 atom stereocenters. The molecule has 5 heterocycles. The summed E-state index contributed by atoms with van der Waals surface area (Å²) in [7, 11) is 3.67. The van der Waals surface area contributed by atoms with E-state index in [0.717, 1.165) is 45.1 Å². The number of pyridine rings is 1. The lowest BCUT2D eigenvalue weighted by molar-refractivity contribution is 0.0133. The molecule has 2 aromatic heterocycles. The molecule has 1 aliphatic carbocycles. The van der Waals surface area contributed by atoms with Gasteiger partial charge in [0, 0.05) is 23.6 Å². The van der Waals surface area contributed by atoms with Crippen LogP contribution in [0.15, 0.2) is 24.3 Å². The Bertz CT molecular complexity index is 1860. The summed E-state index contributed by atoms with van der Waals surface area (Å²) in [4.78, 5) is 18.9. The topological polar surface area (TPSA) is 93.1 Å². The lowest BCUT2D eigenvalue weighted by Gasteiger charge is -2.44. The minimum Gasteiger partial charge on any atom is -0.508 e. The third kappa shape index (κ3) is 4.57. The molecule has 0 spiro atoms. The van der Waals surface area contributed by atoms with Gasteiger partial charge in [0.25, 0.3) is 0 Å². The van der Waals surface area contributed by atoms with Crippen LogP contribution in [0.3, 0.4) is 0 Å². The number of piperidine rings is 1. The number of phenolic OH excluding ortho intramolecular Hbond substituents is 1. The largest absolute Gasteiger partial charge is 0.508 e. The minimum atomic E-state index is -0.711. The number of anilines is 1. The number of aromatic nitrogens is 3. The molecular weight excluding hydrogens is 592 g/mol. The Morgan fingerprint density at radius 3 is 2.72 bits per heavy atom. The summed E-state index contributed by atoms with van der Waals surface area (Å²) >= 11 is 0. The molecule has 9 nitrogen and oxygen atoms in total. The molecule has 4 aromatic rings. The van der Waals surface area contributed by atoms with Gasteiger partial charge in [-0.15, -0.1) is 0 Å². The maximum atomic E-state index is 17.1. The highest BCUT2D eigenvalue weighted by Crippen LogP contribution is 2.48. The third-order valence-electron chi connectivity index (χ3n) is 10.9. The van der Waals surface area contributed by atoms with Gasteiger partial charge in [-0.25, -0.2) is 13.8 Å². The van der Waals surface area contributed by atoms with Gasteiger partial charge in [0.15, 0.2) is 5.82 Å². The number of hydrogen-bond donors (Lipinski definition) is 1. The van der Waals surface area contributed by atoms with Gasteiger partial charge in [-0.2, -0.15) is 9.97 Å². The van der Waals surface area contributed by atoms with Crippen molar-refractivity contribution in [1.29, 1.82) is 0 Å². The van der Waals surface area contributed by atoms with E-state index in [2.05, 4.69) is 21.8 Å². The van der Waals surface area contributed by atoms with Crippen molar-refractivity contribution in [2.45, 2.75) is 70.1 Å². The van der Waals surface area contributed by atoms with E-state index in [1.54, 1.807) is 12.1 Å². The van der Waals surface area contributed by atoms with E-state index in [-0.39, 0.29) is 52.0 Å². The predicted molar refractivity (Wildman–Crippen MR) is 171 cm³/mol. The minimum absolute atomic E-state index is 0.00672. The fraction of sp³-hybridized carbons (Fsp3) is 0.514. The summed E-state index contributed by atoms with van der Waals surface area (Å²) in [6, 6.07) is 6.54. The van der Waals surface area contributed by atoms with Gasteiger partial charge in [0.2, 0.25) is 5.88 Å². The Labute approximate surface area is 266 Å². The maximum absolute atomic E-state index is 17.1. The van der Waals surface area contributed by atoms with E-state index >= 15 is 8.78 Å². The summed E-state index contributed by atoms with van der Waals surface area (Å²) in [6.45, 7) is 4.54. The average molecular weight is 632 g/mol. The van der Waals surface area contributed by atoms with Crippen LogP contribution < -0.4 is 14.4 Å². The van der Waals surface area contributed by atoms with Crippen LogP contribution in [0.1, 0.15) is 51.0 Å². The highest BCUT2D eigenvalue weighted by molar-refractivity contribution is 6.03. The molecule has 1 saturated carbocycles. The van der Waals surface area contributed by atoms with Crippen LogP contribution in [0.2, 0.25) is 0 Å². The number of nitrogens with zero attached hydrogens (tertiary/aromatic N) is 5.